The summed E-state index contributed by atoms with van der Waals surface area (Å²) >= 11 is 0. The number of non-ortho nitro benzene ring substituents is 1. The highest BCUT2D eigenvalue weighted by atomic mass is 16.6. The first-order chi connectivity index (χ1) is 6.70. The lowest BCUT2D eigenvalue weighted by Gasteiger charge is -2.02. The van der Waals surface area contributed by atoms with E-state index in [0.29, 0.717) is 6.54 Å². The SMILES string of the molecule is [2H]CN1Cc2ccc([N+](=O)[O-])cc2C1. The van der Waals surface area contributed by atoms with Gasteiger partial charge in [0.1, 0.15) is 0 Å². The Hall–Kier alpha value is -1.42. The van der Waals surface area contributed by atoms with Crippen molar-refractivity contribution in [3.63, 3.8) is 0 Å². The topological polar surface area (TPSA) is 46.4 Å². The number of nitro benzene ring substituents is 1. The fourth-order valence-corrected chi connectivity index (χ4v) is 1.57. The van der Waals surface area contributed by atoms with Crippen LogP contribution in [0.5, 0.6) is 0 Å². The Bertz CT molecular complexity index is 381. The van der Waals surface area contributed by atoms with Crippen LogP contribution in [-0.4, -0.2) is 16.8 Å². The van der Waals surface area contributed by atoms with Gasteiger partial charge in [-0.1, -0.05) is 6.07 Å². The van der Waals surface area contributed by atoms with Crippen molar-refractivity contribution >= 4 is 5.69 Å². The van der Waals surface area contributed by atoms with E-state index < -0.39 is 0 Å². The number of nitrogens with zero attached hydrogens (tertiary/aromatic N) is 2. The maximum atomic E-state index is 10.5. The molecule has 0 fully saturated rings. The molecule has 0 saturated carbocycles. The van der Waals surface area contributed by atoms with E-state index in [1.165, 1.54) is 6.07 Å². The van der Waals surface area contributed by atoms with Crippen LogP contribution in [-0.2, 0) is 13.1 Å². The van der Waals surface area contributed by atoms with Crippen LogP contribution in [0.4, 0.5) is 5.69 Å². The number of benzene rings is 1. The molecule has 68 valence electrons. The van der Waals surface area contributed by atoms with Gasteiger partial charge >= 0.3 is 0 Å². The highest BCUT2D eigenvalue weighted by Gasteiger charge is 2.18. The van der Waals surface area contributed by atoms with Gasteiger partial charge in [0.2, 0.25) is 0 Å². The molecule has 0 atom stereocenters. The van der Waals surface area contributed by atoms with Crippen LogP contribution in [0.15, 0.2) is 18.2 Å². The molecule has 1 aromatic carbocycles. The van der Waals surface area contributed by atoms with Crippen molar-refractivity contribution in [2.75, 3.05) is 7.02 Å². The molecule has 0 N–H and O–H groups in total. The van der Waals surface area contributed by atoms with Crippen LogP contribution in [0.3, 0.4) is 0 Å². The third kappa shape index (κ3) is 1.40. The molecular weight excluding hydrogens is 168 g/mol. The van der Waals surface area contributed by atoms with Gasteiger partial charge in [0.25, 0.3) is 5.69 Å². The van der Waals surface area contributed by atoms with Crippen molar-refractivity contribution in [1.82, 2.24) is 4.90 Å². The molecule has 0 amide bonds. The molecule has 0 saturated heterocycles. The van der Waals surface area contributed by atoms with Gasteiger partial charge in [-0.3, -0.25) is 15.0 Å². The second-order valence-electron chi connectivity index (χ2n) is 3.20. The van der Waals surface area contributed by atoms with Crippen molar-refractivity contribution in [1.29, 1.82) is 0 Å². The highest BCUT2D eigenvalue weighted by Crippen LogP contribution is 2.25. The van der Waals surface area contributed by atoms with Gasteiger partial charge < -0.3 is 0 Å². The quantitative estimate of drug-likeness (QED) is 0.485. The van der Waals surface area contributed by atoms with Gasteiger partial charge in [0, 0.05) is 26.6 Å². The summed E-state index contributed by atoms with van der Waals surface area (Å²) in [6.07, 6.45) is 0. The van der Waals surface area contributed by atoms with E-state index in [1.54, 1.807) is 12.1 Å². The summed E-state index contributed by atoms with van der Waals surface area (Å²) in [5.74, 6) is 0. The molecule has 1 aromatic rings. The molecule has 1 aliphatic rings. The Labute approximate surface area is 77.3 Å². The summed E-state index contributed by atoms with van der Waals surface area (Å²) in [6, 6.07) is 4.90. The predicted molar refractivity (Wildman–Crippen MR) is 48.3 cm³/mol. The van der Waals surface area contributed by atoms with Gasteiger partial charge in [-0.05, 0) is 18.2 Å². The fraction of sp³-hybridized carbons (Fsp3) is 0.333. The molecule has 1 aliphatic heterocycles. The number of hydrogen-bond acceptors (Lipinski definition) is 3. The standard InChI is InChI=1S/C9H10N2O2/c1-10-5-7-2-3-9(11(12)13)4-8(7)6-10/h2-4H,5-6H2,1H3/i1D. The van der Waals surface area contributed by atoms with Crippen LogP contribution < -0.4 is 0 Å². The van der Waals surface area contributed by atoms with E-state index in [1.807, 2.05) is 4.90 Å². The zero-order chi connectivity index (χ0) is 10.1. The third-order valence-electron chi connectivity index (χ3n) is 2.19. The summed E-state index contributed by atoms with van der Waals surface area (Å²) in [5.41, 5.74) is 2.21. The predicted octanol–water partition coefficient (Wildman–Crippen LogP) is 1.54. The normalized spacial score (nSPS) is 16.8. The molecule has 0 bridgehead atoms. The van der Waals surface area contributed by atoms with Gasteiger partial charge in [0.05, 0.1) is 4.92 Å². The van der Waals surface area contributed by atoms with E-state index in [2.05, 4.69) is 0 Å². The van der Waals surface area contributed by atoms with Crippen molar-refractivity contribution in [3.8, 4) is 0 Å². The Morgan fingerprint density at radius 3 is 3.00 bits per heavy atom. The molecule has 0 spiro atoms. The van der Waals surface area contributed by atoms with Crippen LogP contribution in [0, 0.1) is 10.1 Å². The number of hydrogen-bond donors (Lipinski definition) is 0. The molecule has 4 nitrogen and oxygen atoms in total. The second kappa shape index (κ2) is 2.81. The van der Waals surface area contributed by atoms with E-state index in [0.717, 1.165) is 17.7 Å². The fourth-order valence-electron chi connectivity index (χ4n) is 1.57. The Balaban J connectivity index is 2.31. The highest BCUT2D eigenvalue weighted by molar-refractivity contribution is 5.41. The van der Waals surface area contributed by atoms with Crippen molar-refractivity contribution < 1.29 is 6.29 Å². The number of rotatable bonds is 1. The molecule has 0 aromatic heterocycles. The number of nitro groups is 1. The van der Waals surface area contributed by atoms with Crippen LogP contribution in [0.25, 0.3) is 0 Å². The zero-order valence-corrected chi connectivity index (χ0v) is 7.06. The largest absolute Gasteiger partial charge is 0.298 e. The van der Waals surface area contributed by atoms with Crippen molar-refractivity contribution in [2.45, 2.75) is 13.1 Å². The first kappa shape index (κ1) is 7.03. The molecule has 0 aliphatic carbocycles. The second-order valence-corrected chi connectivity index (χ2v) is 3.20. The summed E-state index contributed by atoms with van der Waals surface area (Å²) in [7, 11) is 0.239. The first-order valence-corrected chi connectivity index (χ1v) is 3.98. The zero-order valence-electron chi connectivity index (χ0n) is 8.06. The molecule has 0 radical (unpaired) electrons. The van der Waals surface area contributed by atoms with E-state index >= 15 is 0 Å². The van der Waals surface area contributed by atoms with Gasteiger partial charge in [-0.2, -0.15) is 0 Å². The molecule has 13 heavy (non-hydrogen) atoms. The Kier molecular flexibility index (Phi) is 1.52. The average Bonchev–Trinajstić information content (AvgIpc) is 2.58. The first-order valence-electron chi connectivity index (χ1n) is 4.69. The summed E-state index contributed by atoms with van der Waals surface area (Å²) in [4.78, 5) is 12.0. The lowest BCUT2D eigenvalue weighted by atomic mass is 10.1. The Morgan fingerprint density at radius 2 is 2.31 bits per heavy atom. The van der Waals surface area contributed by atoms with Crippen LogP contribution >= 0.6 is 0 Å². The van der Waals surface area contributed by atoms with Crippen LogP contribution in [0.1, 0.15) is 12.5 Å². The lowest BCUT2D eigenvalue weighted by Crippen LogP contribution is -2.07. The maximum Gasteiger partial charge on any atom is 0.269 e. The van der Waals surface area contributed by atoms with Gasteiger partial charge in [0.15, 0.2) is 0 Å². The van der Waals surface area contributed by atoms with E-state index in [4.69, 9.17) is 1.37 Å². The average molecular weight is 179 g/mol. The smallest absolute Gasteiger partial charge is 0.269 e. The molecule has 2 rings (SSSR count). The maximum absolute atomic E-state index is 10.5. The number of fused-ring (bicyclic) bond motifs is 1. The molecular formula is C9H10N2O2. The summed E-state index contributed by atoms with van der Waals surface area (Å²) in [6.45, 7) is 1.39. The molecule has 0 unspecified atom stereocenters. The molecule has 4 heteroatoms. The van der Waals surface area contributed by atoms with Crippen molar-refractivity contribution in [3.05, 3.63) is 39.4 Å². The van der Waals surface area contributed by atoms with Crippen LogP contribution in [0.2, 0.25) is 0 Å². The summed E-state index contributed by atoms with van der Waals surface area (Å²) in [5, 5.41) is 10.5. The van der Waals surface area contributed by atoms with E-state index in [9.17, 15) is 10.1 Å². The molecule has 1 heterocycles. The Morgan fingerprint density at radius 1 is 1.54 bits per heavy atom. The minimum Gasteiger partial charge on any atom is -0.298 e. The third-order valence-corrected chi connectivity index (χ3v) is 2.19. The minimum atomic E-state index is -0.385. The van der Waals surface area contributed by atoms with Gasteiger partial charge in [-0.15, -0.1) is 0 Å². The minimum absolute atomic E-state index is 0.135. The van der Waals surface area contributed by atoms with Gasteiger partial charge in [-0.25, -0.2) is 0 Å². The lowest BCUT2D eigenvalue weighted by molar-refractivity contribution is -0.384. The van der Waals surface area contributed by atoms with E-state index in [-0.39, 0.29) is 17.6 Å². The monoisotopic (exact) mass is 179 g/mol. The summed E-state index contributed by atoms with van der Waals surface area (Å²) < 4.78 is 7.21. The van der Waals surface area contributed by atoms with Crippen molar-refractivity contribution in [2.24, 2.45) is 0 Å².